The molecule has 130 valence electrons. The second kappa shape index (κ2) is 6.94. The molecule has 7 heteroatoms. The summed E-state index contributed by atoms with van der Waals surface area (Å²) in [5.74, 6) is 0.151. The number of carbonyl (C=O) groups excluding carboxylic acids is 1. The average Bonchev–Trinajstić information content (AvgIpc) is 3.03. The van der Waals surface area contributed by atoms with Crippen molar-refractivity contribution in [2.75, 3.05) is 31.9 Å². The highest BCUT2D eigenvalue weighted by atomic mass is 32.2. The van der Waals surface area contributed by atoms with Gasteiger partial charge in [0, 0.05) is 43.3 Å². The van der Waals surface area contributed by atoms with Gasteiger partial charge in [0.15, 0.2) is 0 Å². The molecule has 1 amide bonds. The molecule has 0 bridgehead atoms. The smallest absolute Gasteiger partial charge is 0.256 e. The van der Waals surface area contributed by atoms with Gasteiger partial charge < -0.3 is 9.88 Å². The Morgan fingerprint density at radius 3 is 2.58 bits per heavy atom. The molecule has 1 aromatic heterocycles. The van der Waals surface area contributed by atoms with Crippen molar-refractivity contribution in [2.24, 2.45) is 0 Å². The van der Waals surface area contributed by atoms with Gasteiger partial charge in [-0.2, -0.15) is 4.31 Å². The molecular formula is C17H23N3O3S. The second-order valence-electron chi connectivity index (χ2n) is 6.11. The molecule has 1 aliphatic heterocycles. The Kier molecular flexibility index (Phi) is 4.91. The highest BCUT2D eigenvalue weighted by molar-refractivity contribution is 7.89. The van der Waals surface area contributed by atoms with Crippen LogP contribution in [-0.2, 0) is 10.0 Å². The number of H-pyrrole nitrogens is 1. The quantitative estimate of drug-likeness (QED) is 0.898. The van der Waals surface area contributed by atoms with Crippen LogP contribution in [0.4, 0.5) is 0 Å². The third kappa shape index (κ3) is 3.32. The first-order valence-corrected chi connectivity index (χ1v) is 9.97. The predicted octanol–water partition coefficient (Wildman–Crippen LogP) is 2.06. The van der Waals surface area contributed by atoms with E-state index in [4.69, 9.17) is 0 Å². The molecular weight excluding hydrogens is 326 g/mol. The van der Waals surface area contributed by atoms with Crippen molar-refractivity contribution >= 4 is 26.8 Å². The number of amides is 1. The zero-order valence-corrected chi connectivity index (χ0v) is 14.7. The van der Waals surface area contributed by atoms with Crippen LogP contribution in [0.1, 0.15) is 30.1 Å². The minimum Gasteiger partial charge on any atom is -0.360 e. The summed E-state index contributed by atoms with van der Waals surface area (Å²) in [6.07, 6.45) is 3.27. The number of fused-ring (bicyclic) bond motifs is 1. The van der Waals surface area contributed by atoms with Gasteiger partial charge in [0.05, 0.1) is 11.3 Å². The maximum atomic E-state index is 12.7. The number of nitrogens with one attached hydrogen (secondary N) is 1. The number of hydrogen-bond donors (Lipinski definition) is 1. The first-order chi connectivity index (χ1) is 11.5. The Morgan fingerprint density at radius 1 is 1.17 bits per heavy atom. The molecule has 3 rings (SSSR count). The summed E-state index contributed by atoms with van der Waals surface area (Å²) in [6, 6.07) is 7.69. The van der Waals surface area contributed by atoms with E-state index in [0.29, 0.717) is 38.2 Å². The summed E-state index contributed by atoms with van der Waals surface area (Å²) in [5.41, 5.74) is 1.58. The Hall–Kier alpha value is -1.86. The van der Waals surface area contributed by atoms with Gasteiger partial charge in [-0.1, -0.05) is 31.5 Å². The third-order valence-electron chi connectivity index (χ3n) is 4.49. The molecule has 2 heterocycles. The third-order valence-corrected chi connectivity index (χ3v) is 6.45. The zero-order chi connectivity index (χ0) is 17.2. The highest BCUT2D eigenvalue weighted by Crippen LogP contribution is 2.20. The normalized spacial score (nSPS) is 16.6. The molecule has 1 fully saturated rings. The number of para-hydroxylation sites is 1. The van der Waals surface area contributed by atoms with Gasteiger partial charge >= 0.3 is 0 Å². The fourth-order valence-electron chi connectivity index (χ4n) is 3.04. The fraction of sp³-hybridized carbons (Fsp3) is 0.471. The molecule has 1 aliphatic rings. The molecule has 6 nitrogen and oxygen atoms in total. The molecule has 0 aliphatic carbocycles. The highest BCUT2D eigenvalue weighted by Gasteiger charge is 2.29. The molecule has 0 saturated carbocycles. The number of rotatable bonds is 5. The van der Waals surface area contributed by atoms with Crippen LogP contribution in [0.25, 0.3) is 10.9 Å². The van der Waals surface area contributed by atoms with Gasteiger partial charge in [-0.15, -0.1) is 0 Å². The fourth-order valence-corrected chi connectivity index (χ4v) is 4.68. The topological polar surface area (TPSA) is 73.5 Å². The first-order valence-electron chi connectivity index (χ1n) is 8.36. The first kappa shape index (κ1) is 17.0. The van der Waals surface area contributed by atoms with Crippen LogP contribution < -0.4 is 0 Å². The van der Waals surface area contributed by atoms with E-state index < -0.39 is 10.0 Å². The van der Waals surface area contributed by atoms with Gasteiger partial charge in [-0.3, -0.25) is 4.79 Å². The lowest BCUT2D eigenvalue weighted by atomic mass is 10.1. The number of aromatic nitrogens is 1. The van der Waals surface area contributed by atoms with Crippen molar-refractivity contribution in [1.29, 1.82) is 0 Å². The lowest BCUT2D eigenvalue weighted by molar-refractivity contribution is 0.0700. The molecule has 0 spiro atoms. The van der Waals surface area contributed by atoms with Crippen LogP contribution in [0.3, 0.4) is 0 Å². The van der Waals surface area contributed by atoms with Gasteiger partial charge in [0.2, 0.25) is 10.0 Å². The van der Waals surface area contributed by atoms with E-state index >= 15 is 0 Å². The Balaban J connectivity index is 1.67. The van der Waals surface area contributed by atoms with E-state index in [2.05, 4.69) is 4.98 Å². The summed E-state index contributed by atoms with van der Waals surface area (Å²) in [4.78, 5) is 17.6. The van der Waals surface area contributed by atoms with Gasteiger partial charge in [0.1, 0.15) is 0 Å². The van der Waals surface area contributed by atoms with Gasteiger partial charge in [-0.25, -0.2) is 8.42 Å². The van der Waals surface area contributed by atoms with E-state index in [0.717, 1.165) is 17.3 Å². The Morgan fingerprint density at radius 2 is 1.88 bits per heavy atom. The summed E-state index contributed by atoms with van der Waals surface area (Å²) in [6.45, 7) is 3.60. The number of piperazine rings is 1. The van der Waals surface area contributed by atoms with E-state index in [9.17, 15) is 13.2 Å². The maximum Gasteiger partial charge on any atom is 0.256 e. The van der Waals surface area contributed by atoms with E-state index in [1.54, 1.807) is 11.1 Å². The van der Waals surface area contributed by atoms with E-state index in [-0.39, 0.29) is 11.7 Å². The predicted molar refractivity (Wildman–Crippen MR) is 94.5 cm³/mol. The van der Waals surface area contributed by atoms with Gasteiger partial charge in [0.25, 0.3) is 5.91 Å². The van der Waals surface area contributed by atoms with Crippen LogP contribution in [0.5, 0.6) is 0 Å². The minimum absolute atomic E-state index is 0.0435. The molecule has 1 saturated heterocycles. The average molecular weight is 349 g/mol. The lowest BCUT2D eigenvalue weighted by Crippen LogP contribution is -2.51. The molecule has 1 aromatic carbocycles. The molecule has 0 unspecified atom stereocenters. The number of carbonyl (C=O) groups is 1. The summed E-state index contributed by atoms with van der Waals surface area (Å²) in [7, 11) is -3.19. The Labute approximate surface area is 142 Å². The van der Waals surface area contributed by atoms with E-state index in [1.807, 2.05) is 31.2 Å². The van der Waals surface area contributed by atoms with Crippen molar-refractivity contribution in [1.82, 2.24) is 14.2 Å². The van der Waals surface area contributed by atoms with E-state index in [1.165, 1.54) is 4.31 Å². The van der Waals surface area contributed by atoms with Crippen LogP contribution in [0, 0.1) is 0 Å². The van der Waals surface area contributed by atoms with Gasteiger partial charge in [-0.05, 0) is 12.5 Å². The van der Waals surface area contributed by atoms with Crippen molar-refractivity contribution in [3.05, 3.63) is 36.0 Å². The number of hydrogen-bond acceptors (Lipinski definition) is 3. The van der Waals surface area contributed by atoms with Crippen molar-refractivity contribution < 1.29 is 13.2 Å². The summed E-state index contributed by atoms with van der Waals surface area (Å²) >= 11 is 0. The Bertz CT molecular complexity index is 820. The van der Waals surface area contributed by atoms with Crippen LogP contribution in [0.15, 0.2) is 30.5 Å². The van der Waals surface area contributed by atoms with Crippen molar-refractivity contribution in [3.63, 3.8) is 0 Å². The molecule has 0 radical (unpaired) electrons. The lowest BCUT2D eigenvalue weighted by Gasteiger charge is -2.34. The SMILES string of the molecule is CCCCS(=O)(=O)N1CCN(C(=O)c2c[nH]c3ccccc23)CC1. The van der Waals surface area contributed by atoms with Crippen LogP contribution >= 0.6 is 0 Å². The number of nitrogens with zero attached hydrogens (tertiary/aromatic N) is 2. The number of benzene rings is 1. The summed E-state index contributed by atoms with van der Waals surface area (Å²) in [5, 5.41) is 0.903. The largest absolute Gasteiger partial charge is 0.360 e. The molecule has 2 aromatic rings. The standard InChI is InChI=1S/C17H23N3O3S/c1-2-3-12-24(22,23)20-10-8-19(9-11-20)17(21)15-13-18-16-7-5-4-6-14(15)16/h4-7,13,18H,2-3,8-12H2,1H3. The number of sulfonamides is 1. The minimum atomic E-state index is -3.19. The zero-order valence-electron chi connectivity index (χ0n) is 13.9. The molecule has 1 N–H and O–H groups in total. The van der Waals surface area contributed by atoms with Crippen molar-refractivity contribution in [2.45, 2.75) is 19.8 Å². The summed E-state index contributed by atoms with van der Waals surface area (Å²) < 4.78 is 26.0. The molecule has 0 atom stereocenters. The number of aromatic amines is 1. The monoisotopic (exact) mass is 349 g/mol. The maximum absolute atomic E-state index is 12.7. The van der Waals surface area contributed by atoms with Crippen molar-refractivity contribution in [3.8, 4) is 0 Å². The van der Waals surface area contributed by atoms with Crippen LogP contribution in [-0.4, -0.2) is 60.4 Å². The van der Waals surface area contributed by atoms with Crippen LogP contribution in [0.2, 0.25) is 0 Å². The second-order valence-corrected chi connectivity index (χ2v) is 8.20. The molecule has 24 heavy (non-hydrogen) atoms. The number of unbranched alkanes of at least 4 members (excludes halogenated alkanes) is 1.